The molecule has 1 aromatic heterocycles. The van der Waals surface area contributed by atoms with Crippen molar-refractivity contribution in [3.8, 4) is 5.75 Å². The lowest BCUT2D eigenvalue weighted by molar-refractivity contribution is -0.139. The lowest BCUT2D eigenvalue weighted by atomic mass is 10.2. The third kappa shape index (κ3) is 4.34. The Morgan fingerprint density at radius 1 is 1.32 bits per heavy atom. The highest BCUT2D eigenvalue weighted by atomic mass is 16.5. The molecule has 6 N–H and O–H groups in total. The number of carboxylic acid groups (broad SMARTS) is 1. The van der Waals surface area contributed by atoms with Crippen LogP contribution in [0, 0.1) is 0 Å². The molecule has 9 heteroatoms. The summed E-state index contributed by atoms with van der Waals surface area (Å²) < 4.78 is 5.15. The number of hydrogen-bond donors (Lipinski definition) is 4. The fourth-order valence-electron chi connectivity index (χ4n) is 1.55. The van der Waals surface area contributed by atoms with Crippen molar-refractivity contribution in [1.29, 1.82) is 0 Å². The molecule has 22 heavy (non-hydrogen) atoms. The van der Waals surface area contributed by atoms with E-state index in [1.165, 1.54) is 12.3 Å². The smallest absolute Gasteiger partial charge is 0.341 e. The summed E-state index contributed by atoms with van der Waals surface area (Å²) in [5, 5.41) is 12.6. The maximum Gasteiger partial charge on any atom is 0.341 e. The summed E-state index contributed by atoms with van der Waals surface area (Å²) in [5.74, 6) is -0.0829. The van der Waals surface area contributed by atoms with Crippen LogP contribution in [-0.4, -0.2) is 33.9 Å². The lowest BCUT2D eigenvalue weighted by Gasteiger charge is -2.06. The molecule has 0 aliphatic carbocycles. The molecule has 0 aliphatic heterocycles. The Morgan fingerprint density at radius 2 is 2.00 bits per heavy atom. The van der Waals surface area contributed by atoms with Gasteiger partial charge in [-0.05, 0) is 12.1 Å². The van der Waals surface area contributed by atoms with E-state index in [9.17, 15) is 4.79 Å². The van der Waals surface area contributed by atoms with E-state index in [0.29, 0.717) is 11.3 Å². The highest BCUT2D eigenvalue weighted by Gasteiger charge is 2.04. The average molecular weight is 302 g/mol. The number of aliphatic carboxylic acids is 1. The number of para-hydroxylation sites is 1. The van der Waals surface area contributed by atoms with Crippen LogP contribution in [0.25, 0.3) is 0 Å². The van der Waals surface area contributed by atoms with Crippen LogP contribution in [-0.2, 0) is 4.79 Å². The molecule has 1 aromatic carbocycles. The van der Waals surface area contributed by atoms with Crippen LogP contribution in [0.3, 0.4) is 0 Å². The van der Waals surface area contributed by atoms with E-state index in [4.69, 9.17) is 21.3 Å². The molecule has 0 fully saturated rings. The predicted molar refractivity (Wildman–Crippen MR) is 81.6 cm³/mol. The largest absolute Gasteiger partial charge is 0.481 e. The second kappa shape index (κ2) is 6.88. The van der Waals surface area contributed by atoms with Crippen LogP contribution >= 0.6 is 0 Å². The topological polar surface area (TPSA) is 149 Å². The van der Waals surface area contributed by atoms with Gasteiger partial charge in [0.15, 0.2) is 6.61 Å². The first kappa shape index (κ1) is 15.0. The molecule has 0 radical (unpaired) electrons. The molecule has 0 amide bonds. The first-order valence-electron chi connectivity index (χ1n) is 6.17. The van der Waals surface area contributed by atoms with Crippen LogP contribution in [0.15, 0.2) is 35.4 Å². The molecule has 0 bridgehead atoms. The summed E-state index contributed by atoms with van der Waals surface area (Å²) in [6.07, 6.45) is 1.44. The Balaban J connectivity index is 2.08. The molecule has 114 valence electrons. The van der Waals surface area contributed by atoms with Crippen LogP contribution < -0.4 is 21.6 Å². The molecule has 0 unspecified atom stereocenters. The third-order valence-electron chi connectivity index (χ3n) is 2.40. The molecule has 0 saturated carbocycles. The number of nitrogens with zero attached hydrogens (tertiary/aromatic N) is 3. The highest BCUT2D eigenvalue weighted by molar-refractivity contribution is 5.84. The van der Waals surface area contributed by atoms with Crippen molar-refractivity contribution in [2.45, 2.75) is 0 Å². The number of aromatic nitrogens is 2. The van der Waals surface area contributed by atoms with Gasteiger partial charge in [-0.2, -0.15) is 15.1 Å². The molecule has 0 atom stereocenters. The van der Waals surface area contributed by atoms with E-state index in [1.54, 1.807) is 24.3 Å². The Bertz CT molecular complexity index is 684. The fourth-order valence-corrected chi connectivity index (χ4v) is 1.55. The zero-order chi connectivity index (χ0) is 15.9. The van der Waals surface area contributed by atoms with Crippen LogP contribution in [0.5, 0.6) is 5.75 Å². The number of nitrogens with two attached hydrogens (primary N) is 2. The summed E-state index contributed by atoms with van der Waals surface area (Å²) >= 11 is 0. The number of ether oxygens (including phenoxy) is 1. The minimum atomic E-state index is -1.06. The Kier molecular flexibility index (Phi) is 4.70. The van der Waals surface area contributed by atoms with Gasteiger partial charge in [0.2, 0.25) is 5.95 Å². The molecular weight excluding hydrogens is 288 g/mol. The first-order valence-corrected chi connectivity index (χ1v) is 6.17. The van der Waals surface area contributed by atoms with Crippen LogP contribution in [0.4, 0.5) is 17.6 Å². The van der Waals surface area contributed by atoms with Crippen molar-refractivity contribution in [2.75, 3.05) is 23.5 Å². The Morgan fingerprint density at radius 3 is 2.68 bits per heavy atom. The van der Waals surface area contributed by atoms with Gasteiger partial charge in [0.25, 0.3) is 0 Å². The first-order chi connectivity index (χ1) is 10.5. The molecular formula is C13H14N6O3. The monoisotopic (exact) mass is 302 g/mol. The molecule has 0 saturated heterocycles. The number of rotatable bonds is 6. The van der Waals surface area contributed by atoms with Crippen molar-refractivity contribution in [3.63, 3.8) is 0 Å². The maximum atomic E-state index is 10.5. The summed E-state index contributed by atoms with van der Waals surface area (Å²) in [6, 6.07) is 8.27. The van der Waals surface area contributed by atoms with Gasteiger partial charge in [-0.15, -0.1) is 0 Å². The Labute approximate surface area is 125 Å². The number of anilines is 3. The lowest BCUT2D eigenvalue weighted by Crippen LogP contribution is -2.10. The van der Waals surface area contributed by atoms with E-state index < -0.39 is 12.6 Å². The van der Waals surface area contributed by atoms with Gasteiger partial charge >= 0.3 is 5.97 Å². The molecule has 1 heterocycles. The maximum absolute atomic E-state index is 10.5. The normalized spacial score (nSPS) is 10.5. The quantitative estimate of drug-likeness (QED) is 0.446. The second-order valence-corrected chi connectivity index (χ2v) is 4.13. The Hall–Kier alpha value is -3.36. The van der Waals surface area contributed by atoms with Gasteiger partial charge in [-0.3, -0.25) is 0 Å². The van der Waals surface area contributed by atoms with E-state index >= 15 is 0 Å². The fraction of sp³-hybridized carbons (Fsp3) is 0.0769. The second-order valence-electron chi connectivity index (χ2n) is 4.13. The number of hydrogen-bond acceptors (Lipinski definition) is 8. The van der Waals surface area contributed by atoms with E-state index in [-0.39, 0.29) is 17.6 Å². The number of carbonyl (C=O) groups is 1. The minimum absolute atomic E-state index is 0.151. The van der Waals surface area contributed by atoms with Crippen molar-refractivity contribution in [2.24, 2.45) is 5.10 Å². The zero-order valence-electron chi connectivity index (χ0n) is 11.4. The van der Waals surface area contributed by atoms with Crippen molar-refractivity contribution >= 4 is 29.8 Å². The third-order valence-corrected chi connectivity index (χ3v) is 2.40. The van der Waals surface area contributed by atoms with Gasteiger partial charge in [0.05, 0.1) is 6.21 Å². The van der Waals surface area contributed by atoms with Gasteiger partial charge in [0.1, 0.15) is 17.4 Å². The van der Waals surface area contributed by atoms with E-state index in [2.05, 4.69) is 20.5 Å². The van der Waals surface area contributed by atoms with Gasteiger partial charge < -0.3 is 21.3 Å². The van der Waals surface area contributed by atoms with E-state index in [0.717, 1.165) is 0 Å². The number of carboxylic acids is 1. The van der Waals surface area contributed by atoms with Crippen LogP contribution in [0.2, 0.25) is 0 Å². The molecule has 0 aliphatic rings. The summed E-state index contributed by atoms with van der Waals surface area (Å²) in [7, 11) is 0. The highest BCUT2D eigenvalue weighted by Crippen LogP contribution is 2.16. The molecule has 2 rings (SSSR count). The minimum Gasteiger partial charge on any atom is -0.481 e. The SMILES string of the molecule is Nc1cc(N)nc(N/N=C/c2ccccc2OCC(=O)O)n1. The molecule has 0 spiro atoms. The van der Waals surface area contributed by atoms with Gasteiger partial charge in [-0.1, -0.05) is 12.1 Å². The zero-order valence-corrected chi connectivity index (χ0v) is 11.4. The van der Waals surface area contributed by atoms with E-state index in [1.807, 2.05) is 0 Å². The van der Waals surface area contributed by atoms with Crippen molar-refractivity contribution < 1.29 is 14.6 Å². The average Bonchev–Trinajstić information content (AvgIpc) is 2.45. The standard InChI is InChI=1S/C13H14N6O3/c14-10-5-11(15)18-13(17-10)19-16-6-8-3-1-2-4-9(8)22-7-12(20)21/h1-6H,7H2,(H,20,21)(H5,14,15,17,18,19)/b16-6+. The number of nitrogen functional groups attached to an aromatic ring is 2. The van der Waals surface area contributed by atoms with Crippen molar-refractivity contribution in [1.82, 2.24) is 9.97 Å². The van der Waals surface area contributed by atoms with Crippen molar-refractivity contribution in [3.05, 3.63) is 35.9 Å². The number of hydrazone groups is 1. The van der Waals surface area contributed by atoms with Gasteiger partial charge in [-0.25, -0.2) is 10.2 Å². The van der Waals surface area contributed by atoms with Crippen LogP contribution in [0.1, 0.15) is 5.56 Å². The summed E-state index contributed by atoms with van der Waals surface area (Å²) in [6.45, 7) is -0.437. The molecule has 2 aromatic rings. The number of nitrogens with one attached hydrogen (secondary N) is 1. The molecule has 9 nitrogen and oxygen atoms in total. The van der Waals surface area contributed by atoms with Gasteiger partial charge in [0, 0.05) is 11.6 Å². The predicted octanol–water partition coefficient (Wildman–Crippen LogP) is 0.550. The number of benzene rings is 1. The summed E-state index contributed by atoms with van der Waals surface area (Å²) in [5.41, 5.74) is 14.2. The summed E-state index contributed by atoms with van der Waals surface area (Å²) in [4.78, 5) is 18.3.